The van der Waals surface area contributed by atoms with E-state index in [1.165, 1.54) is 11.3 Å². The van der Waals surface area contributed by atoms with Crippen molar-refractivity contribution >= 4 is 33.9 Å². The first-order valence-electron chi connectivity index (χ1n) is 12.7. The van der Waals surface area contributed by atoms with Crippen LogP contribution < -0.4 is 20.1 Å². The second-order valence-corrected chi connectivity index (χ2v) is 9.51. The molecule has 0 aliphatic rings. The van der Waals surface area contributed by atoms with Crippen LogP contribution >= 0.6 is 11.3 Å². The first-order valence-corrected chi connectivity index (χ1v) is 13.6. The van der Waals surface area contributed by atoms with Gasteiger partial charge in [-0.05, 0) is 47.2 Å². The fraction of sp³-hybridized carbons (Fsp3) is 0.194. The summed E-state index contributed by atoms with van der Waals surface area (Å²) in [5.41, 5.74) is 3.93. The van der Waals surface area contributed by atoms with Gasteiger partial charge in [0, 0.05) is 18.0 Å². The highest BCUT2D eigenvalue weighted by molar-refractivity contribution is 7.14. The molecular formula is C31H31N3O4S. The summed E-state index contributed by atoms with van der Waals surface area (Å²) in [6.45, 7) is 3.08. The number of nitrogens with one attached hydrogen (secondary N) is 2. The largest absolute Gasteiger partial charge is 0.493 e. The van der Waals surface area contributed by atoms with Gasteiger partial charge in [0.2, 0.25) is 0 Å². The minimum atomic E-state index is -0.320. The molecule has 200 valence electrons. The van der Waals surface area contributed by atoms with Crippen LogP contribution in [-0.4, -0.2) is 37.1 Å². The summed E-state index contributed by atoms with van der Waals surface area (Å²) in [7, 11) is 1.61. The van der Waals surface area contributed by atoms with Crippen LogP contribution in [0.25, 0.3) is 5.57 Å². The summed E-state index contributed by atoms with van der Waals surface area (Å²) in [4.78, 5) is 29.8. The Morgan fingerprint density at radius 1 is 0.949 bits per heavy atom. The van der Waals surface area contributed by atoms with Crippen LogP contribution in [0.5, 0.6) is 11.5 Å². The van der Waals surface area contributed by atoms with Gasteiger partial charge in [0.15, 0.2) is 16.6 Å². The summed E-state index contributed by atoms with van der Waals surface area (Å²) in [5.74, 6) is 0.759. The molecule has 0 fully saturated rings. The van der Waals surface area contributed by atoms with E-state index in [1.54, 1.807) is 18.6 Å². The van der Waals surface area contributed by atoms with Crippen molar-refractivity contribution in [1.82, 2.24) is 10.3 Å². The van der Waals surface area contributed by atoms with Gasteiger partial charge >= 0.3 is 0 Å². The van der Waals surface area contributed by atoms with Crippen molar-refractivity contribution in [2.24, 2.45) is 0 Å². The van der Waals surface area contributed by atoms with Crippen LogP contribution in [0.15, 0.2) is 90.3 Å². The molecule has 0 atom stereocenters. The summed E-state index contributed by atoms with van der Waals surface area (Å²) in [6, 6.07) is 25.2. The lowest BCUT2D eigenvalue weighted by atomic mass is 9.97. The predicted molar refractivity (Wildman–Crippen MR) is 156 cm³/mol. The van der Waals surface area contributed by atoms with Gasteiger partial charge in [0.05, 0.1) is 13.7 Å². The molecule has 7 nitrogen and oxygen atoms in total. The molecule has 0 unspecified atom stereocenters. The van der Waals surface area contributed by atoms with Crippen LogP contribution in [0, 0.1) is 0 Å². The van der Waals surface area contributed by atoms with Gasteiger partial charge in [0.25, 0.3) is 11.8 Å². The number of ether oxygens (including phenoxy) is 2. The van der Waals surface area contributed by atoms with Gasteiger partial charge in [0.1, 0.15) is 5.69 Å². The molecule has 4 aromatic rings. The standard InChI is InChI=1S/C31H31N3O4S/c1-3-18-38-28-19-22(14-15-27(28)37-2)16-17-32-30(36)26-21-39-31(33-26)34-29(35)20-25(23-10-6-4-7-11-23)24-12-8-5-9-13-24/h4-15,19-21H,3,16-18H2,1-2H3,(H,32,36)(H,33,34,35). The van der Waals surface area contributed by atoms with Crippen molar-refractivity contribution in [2.75, 3.05) is 25.6 Å². The zero-order valence-corrected chi connectivity index (χ0v) is 22.8. The number of carbonyl (C=O) groups is 2. The molecule has 2 N–H and O–H groups in total. The molecule has 0 saturated carbocycles. The number of thiazole rings is 1. The predicted octanol–water partition coefficient (Wildman–Crippen LogP) is 5.98. The molecule has 4 rings (SSSR count). The van der Waals surface area contributed by atoms with E-state index in [4.69, 9.17) is 9.47 Å². The number of methoxy groups -OCH3 is 1. The first kappa shape index (κ1) is 27.6. The summed E-state index contributed by atoms with van der Waals surface area (Å²) in [5, 5.41) is 7.67. The minimum absolute atomic E-state index is 0.257. The van der Waals surface area contributed by atoms with Gasteiger partial charge in [-0.2, -0.15) is 0 Å². The van der Waals surface area contributed by atoms with Crippen LogP contribution in [0.4, 0.5) is 5.13 Å². The fourth-order valence-corrected chi connectivity index (χ4v) is 4.58. The first-order chi connectivity index (χ1) is 19.1. The molecule has 39 heavy (non-hydrogen) atoms. The average Bonchev–Trinajstić information content (AvgIpc) is 3.44. The Morgan fingerprint density at radius 2 is 1.64 bits per heavy atom. The molecular weight excluding hydrogens is 510 g/mol. The maximum absolute atomic E-state index is 12.9. The molecule has 1 aromatic heterocycles. The van der Waals surface area contributed by atoms with E-state index in [9.17, 15) is 9.59 Å². The summed E-state index contributed by atoms with van der Waals surface area (Å²) >= 11 is 1.20. The van der Waals surface area contributed by atoms with Crippen LogP contribution in [0.1, 0.15) is 40.5 Å². The van der Waals surface area contributed by atoms with Gasteiger partial charge in [-0.1, -0.05) is 73.7 Å². The lowest BCUT2D eigenvalue weighted by Gasteiger charge is -2.12. The lowest BCUT2D eigenvalue weighted by molar-refractivity contribution is -0.111. The maximum Gasteiger partial charge on any atom is 0.270 e. The number of hydrogen-bond donors (Lipinski definition) is 2. The second kappa shape index (κ2) is 13.9. The maximum atomic E-state index is 12.9. The molecule has 0 radical (unpaired) electrons. The number of anilines is 1. The van der Waals surface area contributed by atoms with Crippen molar-refractivity contribution in [3.63, 3.8) is 0 Å². The number of carbonyl (C=O) groups excluding carboxylic acids is 2. The monoisotopic (exact) mass is 541 g/mol. The van der Waals surface area contributed by atoms with E-state index in [0.717, 1.165) is 28.7 Å². The van der Waals surface area contributed by atoms with Gasteiger partial charge in [-0.25, -0.2) is 4.98 Å². The molecule has 1 heterocycles. The zero-order valence-electron chi connectivity index (χ0n) is 22.0. The van der Waals surface area contributed by atoms with E-state index in [1.807, 2.05) is 85.8 Å². The summed E-state index contributed by atoms with van der Waals surface area (Å²) in [6.07, 6.45) is 3.08. The van der Waals surface area contributed by atoms with Gasteiger partial charge in [-0.15, -0.1) is 11.3 Å². The Bertz CT molecular complexity index is 1380. The van der Waals surface area contributed by atoms with Crippen LogP contribution in [0.2, 0.25) is 0 Å². The van der Waals surface area contributed by atoms with Crippen LogP contribution in [-0.2, 0) is 11.2 Å². The fourth-order valence-electron chi connectivity index (χ4n) is 3.89. The van der Waals surface area contributed by atoms with Crippen molar-refractivity contribution < 1.29 is 19.1 Å². The normalized spacial score (nSPS) is 10.4. The smallest absolute Gasteiger partial charge is 0.270 e. The Kier molecular flexibility index (Phi) is 9.85. The van der Waals surface area contributed by atoms with E-state index in [0.29, 0.717) is 36.2 Å². The average molecular weight is 542 g/mol. The van der Waals surface area contributed by atoms with E-state index in [2.05, 4.69) is 15.6 Å². The molecule has 0 bridgehead atoms. The third-order valence-corrected chi connectivity index (χ3v) is 6.56. The Morgan fingerprint density at radius 3 is 2.28 bits per heavy atom. The molecule has 3 aromatic carbocycles. The SMILES string of the molecule is CCCOc1cc(CCNC(=O)c2csc(NC(=O)C=C(c3ccccc3)c3ccccc3)n2)ccc1OC. The molecule has 0 spiro atoms. The van der Waals surface area contributed by atoms with E-state index < -0.39 is 0 Å². The second-order valence-electron chi connectivity index (χ2n) is 8.66. The molecule has 0 aliphatic heterocycles. The van der Waals surface area contributed by atoms with Crippen molar-refractivity contribution in [3.8, 4) is 11.5 Å². The number of amides is 2. The Hall–Kier alpha value is -4.43. The zero-order chi connectivity index (χ0) is 27.5. The van der Waals surface area contributed by atoms with E-state index in [-0.39, 0.29) is 17.5 Å². The lowest BCUT2D eigenvalue weighted by Crippen LogP contribution is -2.26. The third-order valence-electron chi connectivity index (χ3n) is 5.80. The minimum Gasteiger partial charge on any atom is -0.493 e. The van der Waals surface area contributed by atoms with Gasteiger partial charge < -0.3 is 14.8 Å². The highest BCUT2D eigenvalue weighted by atomic mass is 32.1. The molecule has 2 amide bonds. The summed E-state index contributed by atoms with van der Waals surface area (Å²) < 4.78 is 11.1. The number of rotatable bonds is 12. The number of nitrogens with zero attached hydrogens (tertiary/aromatic N) is 1. The Labute approximate surface area is 232 Å². The van der Waals surface area contributed by atoms with Crippen LogP contribution in [0.3, 0.4) is 0 Å². The highest BCUT2D eigenvalue weighted by Gasteiger charge is 2.13. The quantitative estimate of drug-likeness (QED) is 0.215. The van der Waals surface area contributed by atoms with Crippen molar-refractivity contribution in [1.29, 1.82) is 0 Å². The third kappa shape index (κ3) is 7.78. The van der Waals surface area contributed by atoms with Crippen molar-refractivity contribution in [3.05, 3.63) is 113 Å². The molecule has 0 saturated heterocycles. The Balaban J connectivity index is 1.36. The molecule has 0 aliphatic carbocycles. The number of benzene rings is 3. The molecule has 8 heteroatoms. The topological polar surface area (TPSA) is 89.6 Å². The van der Waals surface area contributed by atoms with E-state index >= 15 is 0 Å². The number of hydrogen-bond acceptors (Lipinski definition) is 6. The highest BCUT2D eigenvalue weighted by Crippen LogP contribution is 2.28. The number of aromatic nitrogens is 1. The van der Waals surface area contributed by atoms with Gasteiger partial charge in [-0.3, -0.25) is 14.9 Å². The van der Waals surface area contributed by atoms with Crippen molar-refractivity contribution in [2.45, 2.75) is 19.8 Å².